The third-order valence-electron chi connectivity index (χ3n) is 7.71. The minimum absolute atomic E-state index is 0.0227. The summed E-state index contributed by atoms with van der Waals surface area (Å²) in [5, 5.41) is 34.0. The first-order valence-corrected chi connectivity index (χ1v) is 14.5. The fourth-order valence-electron chi connectivity index (χ4n) is 5.28. The zero-order valence-corrected chi connectivity index (χ0v) is 23.0. The summed E-state index contributed by atoms with van der Waals surface area (Å²) in [4.78, 5) is 12.4. The molecule has 3 saturated carbocycles. The number of amides is 1. The summed E-state index contributed by atoms with van der Waals surface area (Å²) in [7, 11) is -4.04. The van der Waals surface area contributed by atoms with Crippen LogP contribution in [0.25, 0.3) is 0 Å². The van der Waals surface area contributed by atoms with Gasteiger partial charge in [-0.15, -0.1) is 0 Å². The highest BCUT2D eigenvalue weighted by Gasteiger charge is 2.60. The molecule has 1 amide bonds. The Hall–Kier alpha value is -2.26. The molecule has 0 spiro atoms. The first kappa shape index (κ1) is 30.7. The molecule has 220 valence electrons. The average molecular weight is 607 g/mol. The number of sulfone groups is 1. The van der Waals surface area contributed by atoms with Crippen LogP contribution in [0, 0.1) is 29.3 Å². The summed E-state index contributed by atoms with van der Waals surface area (Å²) in [5.41, 5.74) is -1.71. The quantitative estimate of drug-likeness (QED) is 0.149. The maximum Gasteiger partial charge on any atom is 0.255 e. The number of rotatable bonds is 11. The summed E-state index contributed by atoms with van der Waals surface area (Å²) < 4.78 is 72.8. The molecule has 0 aromatic heterocycles. The molecule has 2 aromatic carbocycles. The van der Waals surface area contributed by atoms with Crippen molar-refractivity contribution in [1.82, 2.24) is 5.32 Å². The van der Waals surface area contributed by atoms with E-state index in [1.807, 2.05) is 0 Å². The molecule has 3 fully saturated rings. The maximum absolute atomic E-state index is 13.5. The molecule has 5 N–H and O–H groups in total. The predicted molar refractivity (Wildman–Crippen MR) is 139 cm³/mol. The van der Waals surface area contributed by atoms with Gasteiger partial charge in [0.05, 0.1) is 46.3 Å². The largest absolute Gasteiger partial charge is 0.391 e. The number of aliphatic hydroxyl groups is 3. The SMILES string of the molecule is CC(O)C(O)CNCOCC1(O)C2CC1CC(S(=O)(=O)c1cc(C(=O)Nc3cc(F)c(F)c(F)c3)ccc1Cl)C2. The second-order valence-electron chi connectivity index (χ2n) is 10.4. The molecule has 9 nitrogen and oxygen atoms in total. The van der Waals surface area contributed by atoms with Gasteiger partial charge in [-0.1, -0.05) is 11.6 Å². The lowest BCUT2D eigenvalue weighted by molar-refractivity contribution is -0.208. The fraction of sp³-hybridized carbons (Fsp3) is 0.500. The number of halogens is 4. The molecule has 0 radical (unpaired) electrons. The van der Waals surface area contributed by atoms with Crippen molar-refractivity contribution >= 4 is 33.0 Å². The molecular formula is C26H30ClF3N2O7S. The Morgan fingerprint density at radius 1 is 1.12 bits per heavy atom. The Morgan fingerprint density at radius 3 is 2.35 bits per heavy atom. The number of ether oxygens (including phenoxy) is 1. The molecular weight excluding hydrogens is 577 g/mol. The van der Waals surface area contributed by atoms with E-state index in [1.54, 1.807) is 0 Å². The third kappa shape index (κ3) is 6.15. The van der Waals surface area contributed by atoms with Crippen molar-refractivity contribution in [1.29, 1.82) is 0 Å². The van der Waals surface area contributed by atoms with Gasteiger partial charge in [-0.25, -0.2) is 21.6 Å². The molecule has 0 saturated heterocycles. The van der Waals surface area contributed by atoms with E-state index in [-0.39, 0.29) is 65.7 Å². The number of nitrogens with one attached hydrogen (secondary N) is 2. The number of fused-ring (bicyclic) bond motifs is 2. The van der Waals surface area contributed by atoms with Crippen molar-refractivity contribution in [3.05, 3.63) is 58.4 Å². The highest BCUT2D eigenvalue weighted by molar-refractivity contribution is 7.92. The predicted octanol–water partition coefficient (Wildman–Crippen LogP) is 2.62. The topological polar surface area (TPSA) is 145 Å². The molecule has 40 heavy (non-hydrogen) atoms. The Balaban J connectivity index is 1.40. The summed E-state index contributed by atoms with van der Waals surface area (Å²) in [5.74, 6) is -6.26. The monoisotopic (exact) mass is 606 g/mol. The molecule has 2 aromatic rings. The second kappa shape index (κ2) is 11.9. The van der Waals surface area contributed by atoms with Gasteiger partial charge in [-0.05, 0) is 56.2 Å². The fourth-order valence-corrected chi connectivity index (χ4v) is 7.68. The molecule has 0 aliphatic heterocycles. The van der Waals surface area contributed by atoms with E-state index >= 15 is 0 Å². The van der Waals surface area contributed by atoms with E-state index in [2.05, 4.69) is 10.6 Å². The van der Waals surface area contributed by atoms with Crippen LogP contribution in [0.3, 0.4) is 0 Å². The lowest BCUT2D eigenvalue weighted by Gasteiger charge is -2.58. The van der Waals surface area contributed by atoms with Gasteiger partial charge in [-0.3, -0.25) is 10.1 Å². The highest BCUT2D eigenvalue weighted by atomic mass is 35.5. The highest BCUT2D eigenvalue weighted by Crippen LogP contribution is 2.55. The van der Waals surface area contributed by atoms with Crippen LogP contribution < -0.4 is 10.6 Å². The van der Waals surface area contributed by atoms with Gasteiger partial charge in [0.2, 0.25) is 0 Å². The van der Waals surface area contributed by atoms with Gasteiger partial charge in [-0.2, -0.15) is 0 Å². The Labute approximate surface area is 234 Å². The molecule has 0 heterocycles. The van der Waals surface area contributed by atoms with Crippen LogP contribution in [0.1, 0.15) is 36.5 Å². The van der Waals surface area contributed by atoms with Crippen molar-refractivity contribution in [2.45, 2.75) is 54.1 Å². The number of anilines is 1. The van der Waals surface area contributed by atoms with Crippen molar-refractivity contribution in [3.63, 3.8) is 0 Å². The third-order valence-corrected chi connectivity index (χ3v) is 10.4. The first-order chi connectivity index (χ1) is 18.7. The van der Waals surface area contributed by atoms with Gasteiger partial charge in [0.1, 0.15) is 0 Å². The van der Waals surface area contributed by atoms with E-state index < -0.39 is 56.3 Å². The maximum atomic E-state index is 13.5. The molecule has 4 atom stereocenters. The summed E-state index contributed by atoms with van der Waals surface area (Å²) in [6.07, 6.45) is -0.956. The Bertz CT molecular complexity index is 1340. The second-order valence-corrected chi connectivity index (χ2v) is 13.0. The van der Waals surface area contributed by atoms with Crippen LogP contribution in [0.4, 0.5) is 18.9 Å². The molecule has 3 aliphatic carbocycles. The number of carbonyl (C=O) groups excluding carboxylic acids is 1. The zero-order chi connectivity index (χ0) is 29.4. The molecule has 3 aliphatic rings. The van der Waals surface area contributed by atoms with Gasteiger partial charge in [0.15, 0.2) is 27.3 Å². The van der Waals surface area contributed by atoms with Crippen LogP contribution in [0.5, 0.6) is 0 Å². The van der Waals surface area contributed by atoms with Crippen LogP contribution in [-0.4, -0.2) is 72.6 Å². The summed E-state index contributed by atoms with van der Waals surface area (Å²) in [6, 6.07) is 4.74. The normalized spacial score (nSPS) is 25.6. The summed E-state index contributed by atoms with van der Waals surface area (Å²) >= 11 is 6.21. The first-order valence-electron chi connectivity index (χ1n) is 12.6. The zero-order valence-electron chi connectivity index (χ0n) is 21.4. The number of hydrogen-bond donors (Lipinski definition) is 5. The van der Waals surface area contributed by atoms with Crippen LogP contribution >= 0.6 is 11.6 Å². The van der Waals surface area contributed by atoms with E-state index in [0.29, 0.717) is 18.6 Å². The number of benzene rings is 2. The van der Waals surface area contributed by atoms with Crippen LogP contribution in [0.15, 0.2) is 35.2 Å². The number of carbonyl (C=O) groups is 1. The summed E-state index contributed by atoms with van der Waals surface area (Å²) in [6.45, 7) is 1.54. The van der Waals surface area contributed by atoms with Crippen molar-refractivity contribution in [2.75, 3.05) is 25.2 Å². The number of aliphatic hydroxyl groups excluding tert-OH is 2. The Kier molecular flexibility index (Phi) is 9.15. The van der Waals surface area contributed by atoms with E-state index in [1.165, 1.54) is 19.1 Å². The average Bonchev–Trinajstić information content (AvgIpc) is 2.91. The lowest BCUT2D eigenvalue weighted by Crippen LogP contribution is -2.64. The lowest BCUT2D eigenvalue weighted by atomic mass is 9.54. The molecule has 4 unspecified atom stereocenters. The van der Waals surface area contributed by atoms with Crippen LogP contribution in [-0.2, 0) is 14.6 Å². The molecule has 14 heteroatoms. The van der Waals surface area contributed by atoms with Crippen LogP contribution in [0.2, 0.25) is 5.02 Å². The van der Waals surface area contributed by atoms with Gasteiger partial charge in [0, 0.05) is 29.9 Å². The van der Waals surface area contributed by atoms with E-state index in [0.717, 1.165) is 6.07 Å². The van der Waals surface area contributed by atoms with Gasteiger partial charge >= 0.3 is 0 Å². The number of hydrogen-bond acceptors (Lipinski definition) is 8. The van der Waals surface area contributed by atoms with Gasteiger partial charge < -0.3 is 25.4 Å². The minimum Gasteiger partial charge on any atom is -0.391 e. The minimum atomic E-state index is -4.04. The van der Waals surface area contributed by atoms with Crippen molar-refractivity contribution in [2.24, 2.45) is 11.8 Å². The molecule has 5 rings (SSSR count). The molecule has 2 bridgehead atoms. The van der Waals surface area contributed by atoms with E-state index in [9.17, 15) is 41.7 Å². The van der Waals surface area contributed by atoms with Crippen molar-refractivity contribution < 1.29 is 46.4 Å². The van der Waals surface area contributed by atoms with Gasteiger partial charge in [0.25, 0.3) is 5.91 Å². The Morgan fingerprint density at radius 2 is 1.75 bits per heavy atom. The van der Waals surface area contributed by atoms with Crippen molar-refractivity contribution in [3.8, 4) is 0 Å². The standard InChI is InChI=1S/C26H30ClF3N2O7S/c1-13(33)22(34)10-31-12-39-11-26(36)15-5-16(26)7-18(6-15)40(37,38)23-4-14(2-3-19(23)27)25(35)32-17-8-20(28)24(30)21(29)9-17/h2-4,8-9,13,15-16,18,22,31,33-34,36H,5-7,10-12H2,1H3,(H,32,35). The smallest absolute Gasteiger partial charge is 0.255 e. The van der Waals surface area contributed by atoms with E-state index in [4.69, 9.17) is 16.3 Å².